The van der Waals surface area contributed by atoms with Crippen molar-refractivity contribution in [1.82, 2.24) is 5.32 Å². The maximum atomic E-state index is 11.4. The van der Waals surface area contributed by atoms with Gasteiger partial charge in [-0.15, -0.1) is 0 Å². The summed E-state index contributed by atoms with van der Waals surface area (Å²) in [6, 6.07) is 7.50. The van der Waals surface area contributed by atoms with E-state index in [1.807, 2.05) is 19.2 Å². The molecule has 1 aromatic carbocycles. The highest BCUT2D eigenvalue weighted by Crippen LogP contribution is 2.24. The van der Waals surface area contributed by atoms with E-state index in [0.717, 1.165) is 12.0 Å². The molecule has 1 N–H and O–H groups in total. The summed E-state index contributed by atoms with van der Waals surface area (Å²) in [6.07, 6.45) is 4.73. The Hall–Kier alpha value is -0.870. The van der Waals surface area contributed by atoms with E-state index >= 15 is 0 Å². The Morgan fingerprint density at radius 3 is 2.21 bits per heavy atom. The van der Waals surface area contributed by atoms with Crippen molar-refractivity contribution in [3.63, 3.8) is 0 Å². The first kappa shape index (κ1) is 16.2. The molecule has 0 amide bonds. The molecule has 19 heavy (non-hydrogen) atoms. The maximum absolute atomic E-state index is 11.4. The zero-order chi connectivity index (χ0) is 14.5. The zero-order valence-electron chi connectivity index (χ0n) is 12.3. The van der Waals surface area contributed by atoms with Gasteiger partial charge in [0.25, 0.3) is 0 Å². The second kappa shape index (κ2) is 7.06. The van der Waals surface area contributed by atoms with Crippen molar-refractivity contribution in [2.45, 2.75) is 44.0 Å². The monoisotopic (exact) mass is 283 g/mol. The van der Waals surface area contributed by atoms with Gasteiger partial charge >= 0.3 is 0 Å². The topological polar surface area (TPSA) is 46.2 Å². The van der Waals surface area contributed by atoms with Gasteiger partial charge in [-0.25, -0.2) is 8.42 Å². The smallest absolute Gasteiger partial charge is 0.175 e. The average molecular weight is 283 g/mol. The number of sulfone groups is 1. The second-order valence-electron chi connectivity index (χ2n) is 5.31. The van der Waals surface area contributed by atoms with Crippen LogP contribution in [0.25, 0.3) is 0 Å². The van der Waals surface area contributed by atoms with Crippen LogP contribution in [-0.2, 0) is 9.84 Å². The summed E-state index contributed by atoms with van der Waals surface area (Å²) in [4.78, 5) is 0.382. The normalized spacial score (nSPS) is 15.2. The molecule has 3 nitrogen and oxygen atoms in total. The van der Waals surface area contributed by atoms with Gasteiger partial charge in [-0.1, -0.05) is 38.8 Å². The minimum absolute atomic E-state index is 0.287. The second-order valence-corrected chi connectivity index (χ2v) is 7.33. The van der Waals surface area contributed by atoms with Gasteiger partial charge in [0.05, 0.1) is 4.90 Å². The van der Waals surface area contributed by atoms with E-state index in [9.17, 15) is 8.42 Å². The number of hydrogen-bond donors (Lipinski definition) is 1. The predicted octanol–water partition coefficient (Wildman–Crippen LogP) is 3.18. The van der Waals surface area contributed by atoms with Crippen molar-refractivity contribution < 1.29 is 8.42 Å². The van der Waals surface area contributed by atoms with Crippen molar-refractivity contribution in [1.29, 1.82) is 0 Å². The first-order valence-electron chi connectivity index (χ1n) is 6.85. The number of nitrogens with one attached hydrogen (secondary N) is 1. The lowest BCUT2D eigenvalue weighted by Gasteiger charge is -2.21. The summed E-state index contributed by atoms with van der Waals surface area (Å²) >= 11 is 0. The fourth-order valence-corrected chi connectivity index (χ4v) is 3.01. The molecule has 0 aliphatic rings. The van der Waals surface area contributed by atoms with Gasteiger partial charge in [0, 0.05) is 12.3 Å². The van der Waals surface area contributed by atoms with Gasteiger partial charge < -0.3 is 5.32 Å². The Balaban J connectivity index is 2.82. The van der Waals surface area contributed by atoms with Gasteiger partial charge in [0.2, 0.25) is 0 Å². The van der Waals surface area contributed by atoms with Gasteiger partial charge in [0.1, 0.15) is 0 Å². The zero-order valence-corrected chi connectivity index (χ0v) is 13.1. The fraction of sp³-hybridized carbons (Fsp3) is 0.600. The van der Waals surface area contributed by atoms with Crippen LogP contribution in [0.3, 0.4) is 0 Å². The third kappa shape index (κ3) is 4.96. The first-order chi connectivity index (χ1) is 8.88. The Bertz CT molecular complexity index is 479. The summed E-state index contributed by atoms with van der Waals surface area (Å²) in [5.74, 6) is 0.664. The standard InChI is InChI=1S/C15H25NO2S/c1-5-6-12(2)11-15(16-3)13-7-9-14(10-8-13)19(4,17)18/h7-10,12,15-16H,5-6,11H2,1-4H3. The van der Waals surface area contributed by atoms with E-state index < -0.39 is 9.84 Å². The molecule has 0 aromatic heterocycles. The minimum Gasteiger partial charge on any atom is -0.313 e. The summed E-state index contributed by atoms with van der Waals surface area (Å²) in [6.45, 7) is 4.46. The van der Waals surface area contributed by atoms with Crippen molar-refractivity contribution in [2.24, 2.45) is 5.92 Å². The Labute approximate surface area is 117 Å². The molecule has 0 bridgehead atoms. The molecule has 0 aliphatic heterocycles. The molecule has 0 aliphatic carbocycles. The van der Waals surface area contributed by atoms with Crippen LogP contribution in [0.2, 0.25) is 0 Å². The largest absolute Gasteiger partial charge is 0.313 e. The molecule has 1 aromatic rings. The quantitative estimate of drug-likeness (QED) is 0.836. The molecule has 0 spiro atoms. The van der Waals surface area contributed by atoms with E-state index in [1.54, 1.807) is 12.1 Å². The molecule has 0 saturated carbocycles. The van der Waals surface area contributed by atoms with E-state index in [0.29, 0.717) is 10.8 Å². The van der Waals surface area contributed by atoms with Gasteiger partial charge in [-0.2, -0.15) is 0 Å². The molecule has 1 rings (SSSR count). The van der Waals surface area contributed by atoms with Gasteiger partial charge in [0.15, 0.2) is 9.84 Å². The highest BCUT2D eigenvalue weighted by atomic mass is 32.2. The van der Waals surface area contributed by atoms with Gasteiger partial charge in [-0.3, -0.25) is 0 Å². The first-order valence-corrected chi connectivity index (χ1v) is 8.75. The summed E-state index contributed by atoms with van der Waals surface area (Å²) in [7, 11) is -1.15. The molecular formula is C15H25NO2S. The van der Waals surface area contributed by atoms with Crippen molar-refractivity contribution >= 4 is 9.84 Å². The molecular weight excluding hydrogens is 258 g/mol. The number of benzene rings is 1. The molecule has 0 heterocycles. The Kier molecular flexibility index (Phi) is 6.01. The van der Waals surface area contributed by atoms with E-state index in [2.05, 4.69) is 19.2 Å². The lowest BCUT2D eigenvalue weighted by molar-refractivity contribution is 0.407. The van der Waals surface area contributed by atoms with Crippen molar-refractivity contribution in [2.75, 3.05) is 13.3 Å². The molecule has 2 unspecified atom stereocenters. The van der Waals surface area contributed by atoms with E-state index in [1.165, 1.54) is 19.1 Å². The highest BCUT2D eigenvalue weighted by molar-refractivity contribution is 7.90. The summed E-state index contributed by atoms with van der Waals surface area (Å²) in [5, 5.41) is 3.32. The summed E-state index contributed by atoms with van der Waals surface area (Å²) in [5.41, 5.74) is 1.15. The molecule has 108 valence electrons. The molecule has 2 atom stereocenters. The minimum atomic E-state index is -3.10. The lowest BCUT2D eigenvalue weighted by atomic mass is 9.93. The molecule has 0 saturated heterocycles. The van der Waals surface area contributed by atoms with Crippen LogP contribution in [0.5, 0.6) is 0 Å². The van der Waals surface area contributed by atoms with Gasteiger partial charge in [-0.05, 0) is 37.1 Å². The van der Waals surface area contributed by atoms with Crippen LogP contribution >= 0.6 is 0 Å². The third-order valence-electron chi connectivity index (χ3n) is 3.48. The molecule has 4 heteroatoms. The van der Waals surface area contributed by atoms with Crippen LogP contribution in [-0.4, -0.2) is 21.7 Å². The van der Waals surface area contributed by atoms with Crippen LogP contribution in [0.15, 0.2) is 29.2 Å². The molecule has 0 radical (unpaired) electrons. The van der Waals surface area contributed by atoms with Crippen molar-refractivity contribution in [3.8, 4) is 0 Å². The highest BCUT2D eigenvalue weighted by Gasteiger charge is 2.14. The Morgan fingerprint density at radius 2 is 1.79 bits per heavy atom. The van der Waals surface area contributed by atoms with Crippen molar-refractivity contribution in [3.05, 3.63) is 29.8 Å². The fourth-order valence-electron chi connectivity index (χ4n) is 2.38. The van der Waals surface area contributed by atoms with Crippen LogP contribution in [0.1, 0.15) is 44.7 Å². The molecule has 0 fully saturated rings. The predicted molar refractivity (Wildman–Crippen MR) is 80.0 cm³/mol. The Morgan fingerprint density at radius 1 is 1.21 bits per heavy atom. The third-order valence-corrected chi connectivity index (χ3v) is 4.61. The van der Waals surface area contributed by atoms with Crippen LogP contribution in [0, 0.1) is 5.92 Å². The number of hydrogen-bond acceptors (Lipinski definition) is 3. The lowest BCUT2D eigenvalue weighted by Crippen LogP contribution is -2.19. The van der Waals surface area contributed by atoms with E-state index in [-0.39, 0.29) is 6.04 Å². The average Bonchev–Trinajstić information content (AvgIpc) is 2.35. The van der Waals surface area contributed by atoms with Crippen LogP contribution in [0.4, 0.5) is 0 Å². The SMILES string of the molecule is CCCC(C)CC(NC)c1ccc(S(C)(=O)=O)cc1. The number of rotatable bonds is 7. The van der Waals surface area contributed by atoms with E-state index in [4.69, 9.17) is 0 Å². The maximum Gasteiger partial charge on any atom is 0.175 e. The van der Waals surface area contributed by atoms with Crippen LogP contribution < -0.4 is 5.32 Å². The summed E-state index contributed by atoms with van der Waals surface area (Å²) < 4.78 is 22.9.